The minimum Gasteiger partial charge on any atom is -0.325 e. The molecule has 0 bridgehead atoms. The molecule has 0 aliphatic carbocycles. The molecule has 2 N–H and O–H groups in total. The molecule has 0 aliphatic rings. The highest BCUT2D eigenvalue weighted by atomic mass is 32.2. The molecule has 1 heterocycles. The van der Waals surface area contributed by atoms with E-state index in [2.05, 4.69) is 4.98 Å². The molecule has 2 aromatic rings. The van der Waals surface area contributed by atoms with E-state index >= 15 is 0 Å². The molecule has 0 saturated carbocycles. The summed E-state index contributed by atoms with van der Waals surface area (Å²) in [7, 11) is -1.57. The zero-order chi connectivity index (χ0) is 13.8. The quantitative estimate of drug-likeness (QED) is 0.934. The third kappa shape index (κ3) is 3.42. The molecule has 0 radical (unpaired) electrons. The lowest BCUT2D eigenvalue weighted by atomic mass is 10.2. The van der Waals surface area contributed by atoms with Crippen LogP contribution in [0.5, 0.6) is 0 Å². The van der Waals surface area contributed by atoms with Crippen LogP contribution in [0.15, 0.2) is 41.4 Å². The van der Waals surface area contributed by atoms with E-state index in [1.54, 1.807) is 18.3 Å². The summed E-state index contributed by atoms with van der Waals surface area (Å²) in [6, 6.07) is 6.43. The van der Waals surface area contributed by atoms with Crippen molar-refractivity contribution in [2.24, 2.45) is 5.73 Å². The third-order valence-electron chi connectivity index (χ3n) is 2.53. The van der Waals surface area contributed by atoms with Crippen LogP contribution in [0.3, 0.4) is 0 Å². The summed E-state index contributed by atoms with van der Waals surface area (Å²) in [5.74, 6) is -1.35. The number of halogens is 2. The van der Waals surface area contributed by atoms with Crippen LogP contribution < -0.4 is 5.73 Å². The topological polar surface area (TPSA) is 56.0 Å². The van der Waals surface area contributed by atoms with Crippen LogP contribution in [0.4, 0.5) is 8.78 Å². The second-order valence-corrected chi connectivity index (χ2v) is 5.34. The molecule has 2 rings (SSSR count). The molecule has 1 aromatic carbocycles. The molecular formula is C13H12F2N2OS. The smallest absolute Gasteiger partial charge is 0.142 e. The van der Waals surface area contributed by atoms with E-state index in [1.807, 2.05) is 0 Å². The lowest BCUT2D eigenvalue weighted by Gasteiger charge is -2.05. The van der Waals surface area contributed by atoms with Crippen LogP contribution >= 0.6 is 0 Å². The van der Waals surface area contributed by atoms with Crippen molar-refractivity contribution in [1.29, 1.82) is 0 Å². The van der Waals surface area contributed by atoms with E-state index in [-0.39, 0.29) is 17.2 Å². The van der Waals surface area contributed by atoms with E-state index in [4.69, 9.17) is 5.73 Å². The van der Waals surface area contributed by atoms with Crippen LogP contribution in [0.1, 0.15) is 11.3 Å². The van der Waals surface area contributed by atoms with Crippen molar-refractivity contribution < 1.29 is 13.0 Å². The number of nitrogens with two attached hydrogens (primary N) is 1. The average Bonchev–Trinajstić information content (AvgIpc) is 2.38. The molecule has 1 aromatic heterocycles. The second kappa shape index (κ2) is 5.99. The van der Waals surface area contributed by atoms with Gasteiger partial charge in [-0.2, -0.15) is 0 Å². The summed E-state index contributed by atoms with van der Waals surface area (Å²) in [4.78, 5) is 4.01. The molecular weight excluding hydrogens is 270 g/mol. The predicted octanol–water partition coefficient (Wildman–Crippen LogP) is 2.13. The van der Waals surface area contributed by atoms with Gasteiger partial charge in [-0.1, -0.05) is 0 Å². The van der Waals surface area contributed by atoms with Gasteiger partial charge in [-0.05, 0) is 29.8 Å². The molecule has 19 heavy (non-hydrogen) atoms. The molecule has 0 aliphatic heterocycles. The van der Waals surface area contributed by atoms with Crippen LogP contribution in [0.25, 0.3) is 0 Å². The highest BCUT2D eigenvalue weighted by Crippen LogP contribution is 2.17. The summed E-state index contributed by atoms with van der Waals surface area (Å²) < 4.78 is 38.3. The Balaban J connectivity index is 2.20. The Morgan fingerprint density at radius 1 is 1.21 bits per heavy atom. The van der Waals surface area contributed by atoms with Gasteiger partial charge in [0.2, 0.25) is 0 Å². The standard InChI is InChI=1S/C13H12F2N2OS/c14-10-1-2-13(12(15)6-10)19(18)8-9-3-4-17-11(5-9)7-16/h1-6H,7-8,16H2. The van der Waals surface area contributed by atoms with Gasteiger partial charge in [0.25, 0.3) is 0 Å². The normalized spacial score (nSPS) is 12.4. The van der Waals surface area contributed by atoms with E-state index < -0.39 is 22.4 Å². The Labute approximate surface area is 111 Å². The minimum atomic E-state index is -1.57. The molecule has 0 saturated heterocycles. The molecule has 0 fully saturated rings. The van der Waals surface area contributed by atoms with Crippen molar-refractivity contribution in [1.82, 2.24) is 4.98 Å². The lowest BCUT2D eigenvalue weighted by molar-refractivity contribution is 0.562. The number of hydrogen-bond acceptors (Lipinski definition) is 3. The highest BCUT2D eigenvalue weighted by molar-refractivity contribution is 7.84. The minimum absolute atomic E-state index is 0.00693. The van der Waals surface area contributed by atoms with Crippen molar-refractivity contribution in [3.8, 4) is 0 Å². The SMILES string of the molecule is NCc1cc(CS(=O)c2ccc(F)cc2F)ccn1. The summed E-state index contributed by atoms with van der Waals surface area (Å²) >= 11 is 0. The summed E-state index contributed by atoms with van der Waals surface area (Å²) in [5, 5.41) is 0. The first-order valence-electron chi connectivity index (χ1n) is 5.57. The van der Waals surface area contributed by atoms with Crippen molar-refractivity contribution >= 4 is 10.8 Å². The largest absolute Gasteiger partial charge is 0.325 e. The number of pyridine rings is 1. The predicted molar refractivity (Wildman–Crippen MR) is 68.6 cm³/mol. The number of nitrogens with zero attached hydrogens (tertiary/aromatic N) is 1. The molecule has 3 nitrogen and oxygen atoms in total. The lowest BCUT2D eigenvalue weighted by Crippen LogP contribution is -2.03. The Hall–Kier alpha value is -1.66. The first-order chi connectivity index (χ1) is 9.10. The maximum Gasteiger partial charge on any atom is 0.142 e. The van der Waals surface area contributed by atoms with Crippen LogP contribution in [-0.4, -0.2) is 9.19 Å². The van der Waals surface area contributed by atoms with Gasteiger partial charge < -0.3 is 5.73 Å². The van der Waals surface area contributed by atoms with E-state index in [0.29, 0.717) is 5.69 Å². The maximum atomic E-state index is 13.5. The molecule has 100 valence electrons. The van der Waals surface area contributed by atoms with E-state index in [0.717, 1.165) is 17.7 Å². The zero-order valence-corrected chi connectivity index (χ0v) is 10.8. The van der Waals surface area contributed by atoms with E-state index in [1.165, 1.54) is 6.07 Å². The first-order valence-corrected chi connectivity index (χ1v) is 6.89. The number of benzene rings is 1. The zero-order valence-electron chi connectivity index (χ0n) is 9.98. The first kappa shape index (κ1) is 13.8. The third-order valence-corrected chi connectivity index (χ3v) is 3.94. The monoisotopic (exact) mass is 282 g/mol. The number of rotatable bonds is 4. The Bertz CT molecular complexity index is 619. The number of aromatic nitrogens is 1. The summed E-state index contributed by atoms with van der Waals surface area (Å²) in [6.07, 6.45) is 1.57. The summed E-state index contributed by atoms with van der Waals surface area (Å²) in [5.41, 5.74) is 6.88. The number of hydrogen-bond donors (Lipinski definition) is 1. The van der Waals surface area contributed by atoms with Gasteiger partial charge in [0.1, 0.15) is 11.6 Å². The van der Waals surface area contributed by atoms with Gasteiger partial charge in [0, 0.05) is 18.8 Å². The van der Waals surface area contributed by atoms with Crippen LogP contribution in [0.2, 0.25) is 0 Å². The fourth-order valence-corrected chi connectivity index (χ4v) is 2.75. The van der Waals surface area contributed by atoms with Crippen molar-refractivity contribution in [2.75, 3.05) is 0 Å². The van der Waals surface area contributed by atoms with E-state index in [9.17, 15) is 13.0 Å². The van der Waals surface area contributed by atoms with Crippen LogP contribution in [0, 0.1) is 11.6 Å². The Morgan fingerprint density at radius 2 is 2.00 bits per heavy atom. The molecule has 0 spiro atoms. The van der Waals surface area contributed by atoms with Crippen LogP contribution in [-0.2, 0) is 23.1 Å². The van der Waals surface area contributed by atoms with Gasteiger partial charge in [0.05, 0.1) is 27.1 Å². The fourth-order valence-electron chi connectivity index (χ4n) is 1.62. The second-order valence-electron chi connectivity index (χ2n) is 3.92. The average molecular weight is 282 g/mol. The van der Waals surface area contributed by atoms with Gasteiger partial charge in [0.15, 0.2) is 0 Å². The highest BCUT2D eigenvalue weighted by Gasteiger charge is 2.12. The van der Waals surface area contributed by atoms with Gasteiger partial charge >= 0.3 is 0 Å². The van der Waals surface area contributed by atoms with Crippen molar-refractivity contribution in [2.45, 2.75) is 17.2 Å². The molecule has 0 amide bonds. The van der Waals surface area contributed by atoms with Crippen molar-refractivity contribution in [3.05, 3.63) is 59.4 Å². The van der Waals surface area contributed by atoms with Crippen molar-refractivity contribution in [3.63, 3.8) is 0 Å². The Kier molecular flexibility index (Phi) is 4.34. The molecule has 6 heteroatoms. The molecule has 1 atom stereocenters. The Morgan fingerprint density at radius 3 is 2.68 bits per heavy atom. The van der Waals surface area contributed by atoms with Gasteiger partial charge in [-0.15, -0.1) is 0 Å². The van der Waals surface area contributed by atoms with Gasteiger partial charge in [-0.3, -0.25) is 9.19 Å². The van der Waals surface area contributed by atoms with Gasteiger partial charge in [-0.25, -0.2) is 8.78 Å². The maximum absolute atomic E-state index is 13.5. The summed E-state index contributed by atoms with van der Waals surface area (Å²) in [6.45, 7) is 0.283. The fraction of sp³-hybridized carbons (Fsp3) is 0.154. The molecule has 1 unspecified atom stereocenters.